The van der Waals surface area contributed by atoms with E-state index in [0.29, 0.717) is 29.3 Å². The van der Waals surface area contributed by atoms with Crippen molar-refractivity contribution < 1.29 is 13.6 Å². The largest absolute Gasteiger partial charge is 0.365 e. The van der Waals surface area contributed by atoms with Gasteiger partial charge in [0.15, 0.2) is 5.82 Å². The Balaban J connectivity index is 1.77. The molecule has 0 unspecified atom stereocenters. The van der Waals surface area contributed by atoms with Crippen LogP contribution in [-0.4, -0.2) is 25.3 Å². The first-order chi connectivity index (χ1) is 15.0. The van der Waals surface area contributed by atoms with Crippen molar-refractivity contribution in [3.63, 3.8) is 0 Å². The first-order valence-electron chi connectivity index (χ1n) is 10.0. The minimum absolute atomic E-state index is 0.0195. The summed E-state index contributed by atoms with van der Waals surface area (Å²) in [6.45, 7) is 2.06. The number of halogens is 2. The van der Waals surface area contributed by atoms with E-state index in [9.17, 15) is 13.6 Å². The molecule has 158 valence electrons. The number of hydrogen-bond donors (Lipinski definition) is 1. The van der Waals surface area contributed by atoms with Crippen molar-refractivity contribution in [1.29, 1.82) is 0 Å². The molecule has 4 aromatic rings. The fourth-order valence-electron chi connectivity index (χ4n) is 3.73. The van der Waals surface area contributed by atoms with Crippen LogP contribution in [-0.2, 0) is 6.42 Å². The van der Waals surface area contributed by atoms with Crippen LogP contribution in [0.15, 0.2) is 55.0 Å². The van der Waals surface area contributed by atoms with Crippen LogP contribution in [0.4, 0.5) is 8.78 Å². The number of carbonyl (C=O) groups is 1. The molecule has 2 N–H and O–H groups in total. The molecule has 3 aromatic heterocycles. The van der Waals surface area contributed by atoms with E-state index < -0.39 is 11.7 Å². The number of amides is 1. The maximum atomic E-state index is 13.8. The first-order valence-corrected chi connectivity index (χ1v) is 10.0. The molecule has 4 rings (SSSR count). The summed E-state index contributed by atoms with van der Waals surface area (Å²) in [5.41, 5.74) is 8.29. The predicted octanol–water partition coefficient (Wildman–Crippen LogP) is 4.29. The zero-order valence-corrected chi connectivity index (χ0v) is 16.9. The fraction of sp³-hybridized carbons (Fsp3) is 0.217. The van der Waals surface area contributed by atoms with Crippen LogP contribution in [0, 0.1) is 11.6 Å². The fourth-order valence-corrected chi connectivity index (χ4v) is 3.73. The van der Waals surface area contributed by atoms with Crippen LogP contribution in [0.5, 0.6) is 0 Å². The molecule has 0 spiro atoms. The van der Waals surface area contributed by atoms with Crippen LogP contribution in [0.1, 0.15) is 47.3 Å². The smallest absolute Gasteiger partial charge is 0.252 e. The summed E-state index contributed by atoms with van der Waals surface area (Å²) >= 11 is 0. The van der Waals surface area contributed by atoms with Crippen LogP contribution in [0.25, 0.3) is 17.2 Å². The van der Waals surface area contributed by atoms with Gasteiger partial charge in [0.05, 0.1) is 17.5 Å². The first kappa shape index (κ1) is 20.6. The van der Waals surface area contributed by atoms with Gasteiger partial charge in [-0.05, 0) is 48.6 Å². The zero-order valence-electron chi connectivity index (χ0n) is 16.9. The van der Waals surface area contributed by atoms with Crippen LogP contribution < -0.4 is 5.73 Å². The topological polar surface area (TPSA) is 86.2 Å². The molecule has 0 fully saturated rings. The lowest BCUT2D eigenvalue weighted by atomic mass is 9.89. The van der Waals surface area contributed by atoms with Gasteiger partial charge in [-0.1, -0.05) is 25.5 Å². The van der Waals surface area contributed by atoms with E-state index in [1.807, 2.05) is 0 Å². The summed E-state index contributed by atoms with van der Waals surface area (Å²) in [6.07, 6.45) is 6.41. The van der Waals surface area contributed by atoms with Gasteiger partial charge in [0.2, 0.25) is 0 Å². The molecule has 3 heterocycles. The third kappa shape index (κ3) is 4.28. The molecule has 0 saturated heterocycles. The highest BCUT2D eigenvalue weighted by atomic mass is 19.1. The van der Waals surface area contributed by atoms with Crippen molar-refractivity contribution in [3.8, 4) is 11.5 Å². The van der Waals surface area contributed by atoms with Crippen LogP contribution >= 0.6 is 0 Å². The zero-order chi connectivity index (χ0) is 22.0. The minimum atomic E-state index is -0.625. The summed E-state index contributed by atoms with van der Waals surface area (Å²) in [7, 11) is 0. The number of imidazole rings is 1. The van der Waals surface area contributed by atoms with Crippen molar-refractivity contribution >= 4 is 11.6 Å². The number of primary amides is 1. The number of nitrogens with zero attached hydrogens (tertiary/aromatic N) is 4. The Morgan fingerprint density at radius 1 is 1.06 bits per heavy atom. The van der Waals surface area contributed by atoms with Crippen LogP contribution in [0.3, 0.4) is 0 Å². The molecule has 0 bridgehead atoms. The Morgan fingerprint density at radius 2 is 1.81 bits per heavy atom. The molecule has 6 nitrogen and oxygen atoms in total. The molecular formula is C23H21F2N5O. The second kappa shape index (κ2) is 8.59. The molecule has 1 atom stereocenters. The monoisotopic (exact) mass is 421 g/mol. The molecule has 0 radical (unpaired) electrons. The van der Waals surface area contributed by atoms with Gasteiger partial charge in [0.25, 0.3) is 5.91 Å². The average molecular weight is 421 g/mol. The number of aromatic nitrogens is 4. The number of hydrogen-bond acceptors (Lipinski definition) is 4. The van der Waals surface area contributed by atoms with E-state index in [4.69, 9.17) is 5.73 Å². The number of rotatable bonds is 7. The van der Waals surface area contributed by atoms with Crippen molar-refractivity contribution in [3.05, 3.63) is 83.4 Å². The predicted molar refractivity (Wildman–Crippen MR) is 112 cm³/mol. The lowest BCUT2D eigenvalue weighted by Gasteiger charge is -2.18. The van der Waals surface area contributed by atoms with E-state index in [2.05, 4.69) is 21.9 Å². The van der Waals surface area contributed by atoms with Gasteiger partial charge in [-0.25, -0.2) is 23.7 Å². The maximum Gasteiger partial charge on any atom is 0.252 e. The molecule has 1 aromatic carbocycles. The maximum absolute atomic E-state index is 13.8. The highest BCUT2D eigenvalue weighted by Crippen LogP contribution is 2.28. The molecule has 31 heavy (non-hydrogen) atoms. The SMILES string of the molecule is CCC[C@H](Cc1nc(-c2cnc3ccc(F)cn23)ncc1C(N)=O)c1ccc(F)cc1. The molecule has 0 aliphatic carbocycles. The number of carbonyl (C=O) groups excluding carboxylic acids is 1. The third-order valence-corrected chi connectivity index (χ3v) is 5.25. The lowest BCUT2D eigenvalue weighted by Crippen LogP contribution is -2.18. The lowest BCUT2D eigenvalue weighted by molar-refractivity contribution is 0.0998. The van der Waals surface area contributed by atoms with Gasteiger partial charge in [-0.2, -0.15) is 0 Å². The summed E-state index contributed by atoms with van der Waals surface area (Å²) in [6, 6.07) is 9.22. The molecule has 0 aliphatic rings. The van der Waals surface area contributed by atoms with Gasteiger partial charge in [-0.3, -0.25) is 9.20 Å². The highest BCUT2D eigenvalue weighted by molar-refractivity contribution is 5.93. The molecule has 1 amide bonds. The Morgan fingerprint density at radius 3 is 2.52 bits per heavy atom. The van der Waals surface area contributed by atoms with Gasteiger partial charge < -0.3 is 5.73 Å². The van der Waals surface area contributed by atoms with Crippen molar-refractivity contribution in [2.75, 3.05) is 0 Å². The van der Waals surface area contributed by atoms with Gasteiger partial charge in [-0.15, -0.1) is 0 Å². The molecule has 0 aliphatic heterocycles. The molecular weight excluding hydrogens is 400 g/mol. The molecule has 0 saturated carbocycles. The average Bonchev–Trinajstić information content (AvgIpc) is 3.17. The Hall–Kier alpha value is -3.68. The summed E-state index contributed by atoms with van der Waals surface area (Å²) < 4.78 is 28.7. The van der Waals surface area contributed by atoms with E-state index in [1.165, 1.54) is 30.6 Å². The standard InChI is InChI=1S/C23H21F2N5O/c1-2-3-15(14-4-6-16(24)7-5-14)10-19-18(22(26)31)11-28-23(29-19)20-12-27-21-9-8-17(25)13-30(20)21/h4-9,11-13,15H,2-3,10H2,1H3,(H2,26,31)/t15-/m1/s1. The van der Waals surface area contributed by atoms with Gasteiger partial charge in [0.1, 0.15) is 23.0 Å². The third-order valence-electron chi connectivity index (χ3n) is 5.25. The van der Waals surface area contributed by atoms with E-state index in [-0.39, 0.29) is 17.3 Å². The quantitative estimate of drug-likeness (QED) is 0.482. The van der Waals surface area contributed by atoms with E-state index in [1.54, 1.807) is 28.8 Å². The van der Waals surface area contributed by atoms with Crippen molar-refractivity contribution in [1.82, 2.24) is 19.4 Å². The van der Waals surface area contributed by atoms with Crippen molar-refractivity contribution in [2.45, 2.75) is 32.1 Å². The summed E-state index contributed by atoms with van der Waals surface area (Å²) in [4.78, 5) is 25.2. The van der Waals surface area contributed by atoms with Crippen LogP contribution in [0.2, 0.25) is 0 Å². The minimum Gasteiger partial charge on any atom is -0.365 e. The highest BCUT2D eigenvalue weighted by Gasteiger charge is 2.20. The summed E-state index contributed by atoms with van der Waals surface area (Å²) in [5.74, 6) is -1.01. The number of nitrogens with two attached hydrogens (primary N) is 1. The Labute approximate surface area is 177 Å². The normalized spacial score (nSPS) is 12.2. The second-order valence-corrected chi connectivity index (χ2v) is 7.38. The van der Waals surface area contributed by atoms with Gasteiger partial charge >= 0.3 is 0 Å². The summed E-state index contributed by atoms with van der Waals surface area (Å²) in [5, 5.41) is 0. The van der Waals surface area contributed by atoms with E-state index in [0.717, 1.165) is 18.4 Å². The van der Waals surface area contributed by atoms with Gasteiger partial charge in [0, 0.05) is 12.4 Å². The molecule has 8 heteroatoms. The number of pyridine rings is 1. The van der Waals surface area contributed by atoms with E-state index >= 15 is 0 Å². The van der Waals surface area contributed by atoms with Crippen molar-refractivity contribution in [2.24, 2.45) is 5.73 Å². The number of fused-ring (bicyclic) bond motifs is 1. The number of benzene rings is 1. The Kier molecular flexibility index (Phi) is 5.70. The second-order valence-electron chi connectivity index (χ2n) is 7.38. The Bertz CT molecular complexity index is 1240.